The first-order chi connectivity index (χ1) is 17.1. The third kappa shape index (κ3) is 4.77. The highest BCUT2D eigenvalue weighted by Gasteiger charge is 2.25. The first-order valence-electron chi connectivity index (χ1n) is 11.7. The zero-order valence-corrected chi connectivity index (χ0v) is 21.3. The summed E-state index contributed by atoms with van der Waals surface area (Å²) < 4.78 is 15.0. The molecule has 0 bridgehead atoms. The standard InChI is InChI=1S/C24H26BrN7O3/c1-3-4-5-12-31-22-17(14-18(25)26-22)23(33)32-20(28-29-24(31)32)10-11-21-27-19(30-35-21)13-15-6-8-16(34-2)9-7-15/h6-9H,3-5,10-14H2,1-2H3. The van der Waals surface area contributed by atoms with Crippen LogP contribution in [-0.2, 0) is 32.2 Å². The minimum absolute atomic E-state index is 0.120. The lowest BCUT2D eigenvalue weighted by Crippen LogP contribution is -2.24. The van der Waals surface area contributed by atoms with E-state index in [0.29, 0.717) is 60.4 Å². The zero-order chi connectivity index (χ0) is 24.4. The SMILES string of the molecule is CCCCCn1c2c(c(=O)n3c(CCc4nc(Cc5ccc(OC)cc5)no4)nnc13)CC(Br)=N2. The summed E-state index contributed by atoms with van der Waals surface area (Å²) >= 11 is 3.46. The third-order valence-electron chi connectivity index (χ3n) is 6.07. The van der Waals surface area contributed by atoms with Gasteiger partial charge in [0.15, 0.2) is 5.82 Å². The molecule has 35 heavy (non-hydrogen) atoms. The molecule has 3 aromatic heterocycles. The highest BCUT2D eigenvalue weighted by molar-refractivity contribution is 9.18. The van der Waals surface area contributed by atoms with E-state index >= 15 is 0 Å². The third-order valence-corrected chi connectivity index (χ3v) is 6.53. The molecule has 0 unspecified atom stereocenters. The van der Waals surface area contributed by atoms with E-state index in [2.05, 4.69) is 48.2 Å². The van der Waals surface area contributed by atoms with Gasteiger partial charge in [0.25, 0.3) is 5.56 Å². The number of aryl methyl sites for hydroxylation is 3. The summed E-state index contributed by atoms with van der Waals surface area (Å²) in [6.45, 7) is 2.90. The van der Waals surface area contributed by atoms with Crippen LogP contribution in [0.5, 0.6) is 5.75 Å². The van der Waals surface area contributed by atoms with E-state index in [9.17, 15) is 4.79 Å². The Hall–Kier alpha value is -3.34. The molecule has 0 saturated heterocycles. The van der Waals surface area contributed by atoms with Crippen molar-refractivity contribution in [2.24, 2.45) is 4.99 Å². The van der Waals surface area contributed by atoms with Crippen molar-refractivity contribution in [3.05, 3.63) is 63.3 Å². The molecule has 182 valence electrons. The Balaban J connectivity index is 1.35. The van der Waals surface area contributed by atoms with Gasteiger partial charge in [-0.25, -0.2) is 9.39 Å². The number of hydrogen-bond donors (Lipinski definition) is 0. The number of hydrogen-bond acceptors (Lipinski definition) is 8. The van der Waals surface area contributed by atoms with Gasteiger partial charge in [-0.3, -0.25) is 9.36 Å². The van der Waals surface area contributed by atoms with E-state index in [1.165, 1.54) is 0 Å². The molecular weight excluding hydrogens is 514 g/mol. The lowest BCUT2D eigenvalue weighted by molar-refractivity contribution is 0.373. The van der Waals surface area contributed by atoms with Gasteiger partial charge in [0.2, 0.25) is 11.7 Å². The smallest absolute Gasteiger partial charge is 0.266 e. The van der Waals surface area contributed by atoms with E-state index in [1.54, 1.807) is 11.5 Å². The van der Waals surface area contributed by atoms with Crippen LogP contribution >= 0.6 is 15.9 Å². The normalized spacial score (nSPS) is 12.8. The Bertz CT molecular complexity index is 1440. The summed E-state index contributed by atoms with van der Waals surface area (Å²) in [6.07, 6.45) is 5.14. The fourth-order valence-electron chi connectivity index (χ4n) is 4.26. The second kappa shape index (κ2) is 10.1. The Kier molecular flexibility index (Phi) is 6.76. The molecule has 11 heteroatoms. The molecule has 4 aromatic rings. The number of halogens is 1. The second-order valence-electron chi connectivity index (χ2n) is 8.51. The number of nitrogens with zero attached hydrogens (tertiary/aromatic N) is 7. The first kappa shape index (κ1) is 23.4. The number of fused-ring (bicyclic) bond motifs is 2. The predicted molar refractivity (Wildman–Crippen MR) is 134 cm³/mol. The van der Waals surface area contributed by atoms with Crippen LogP contribution in [0.3, 0.4) is 0 Å². The molecule has 1 aromatic carbocycles. The number of aromatic nitrogens is 6. The van der Waals surface area contributed by atoms with Crippen LogP contribution in [-0.4, -0.2) is 41.0 Å². The van der Waals surface area contributed by atoms with Gasteiger partial charge in [0.1, 0.15) is 17.4 Å². The number of aliphatic imine (C=N–C) groups is 1. The summed E-state index contributed by atoms with van der Waals surface area (Å²) in [4.78, 5) is 22.4. The van der Waals surface area contributed by atoms with Gasteiger partial charge in [0.05, 0.1) is 17.3 Å². The average molecular weight is 540 g/mol. The summed E-state index contributed by atoms with van der Waals surface area (Å²) in [6, 6.07) is 7.76. The Labute approximate surface area is 210 Å². The fourth-order valence-corrected chi connectivity index (χ4v) is 4.71. The van der Waals surface area contributed by atoms with Gasteiger partial charge in [-0.15, -0.1) is 10.2 Å². The Morgan fingerprint density at radius 3 is 2.74 bits per heavy atom. The molecule has 0 amide bonds. The van der Waals surface area contributed by atoms with Crippen molar-refractivity contribution < 1.29 is 9.26 Å². The van der Waals surface area contributed by atoms with Gasteiger partial charge >= 0.3 is 0 Å². The van der Waals surface area contributed by atoms with Gasteiger partial charge in [-0.1, -0.05) is 37.1 Å². The quantitative estimate of drug-likeness (QED) is 0.281. The monoisotopic (exact) mass is 539 g/mol. The average Bonchev–Trinajstić information content (AvgIpc) is 3.59. The number of unbranched alkanes of at least 4 members (excludes halogenated alkanes) is 2. The molecule has 0 N–H and O–H groups in total. The van der Waals surface area contributed by atoms with Gasteiger partial charge in [0, 0.05) is 32.2 Å². The van der Waals surface area contributed by atoms with Gasteiger partial charge < -0.3 is 9.26 Å². The van der Waals surface area contributed by atoms with Crippen LogP contribution in [0.4, 0.5) is 5.82 Å². The van der Waals surface area contributed by atoms with Crippen molar-refractivity contribution >= 4 is 32.1 Å². The van der Waals surface area contributed by atoms with Crippen LogP contribution in [0, 0.1) is 0 Å². The van der Waals surface area contributed by atoms with Crippen molar-refractivity contribution in [1.29, 1.82) is 0 Å². The summed E-state index contributed by atoms with van der Waals surface area (Å²) in [5.74, 6) is 3.70. The molecule has 0 saturated carbocycles. The van der Waals surface area contributed by atoms with Crippen LogP contribution in [0.15, 0.2) is 38.6 Å². The zero-order valence-electron chi connectivity index (χ0n) is 19.7. The summed E-state index contributed by atoms with van der Waals surface area (Å²) in [5.41, 5.74) is 1.61. The van der Waals surface area contributed by atoms with Gasteiger partial charge in [-0.05, 0) is 40.0 Å². The Morgan fingerprint density at radius 1 is 1.14 bits per heavy atom. The molecule has 5 rings (SSSR count). The number of rotatable bonds is 10. The van der Waals surface area contributed by atoms with Crippen molar-refractivity contribution in [3.63, 3.8) is 0 Å². The number of benzene rings is 1. The number of ether oxygens (including phenoxy) is 1. The predicted octanol–water partition coefficient (Wildman–Crippen LogP) is 3.83. The maximum absolute atomic E-state index is 13.3. The van der Waals surface area contributed by atoms with E-state index in [0.717, 1.165) is 41.7 Å². The fraction of sp³-hybridized carbons (Fsp3) is 0.417. The molecule has 1 aliphatic rings. The van der Waals surface area contributed by atoms with Crippen LogP contribution in [0.25, 0.3) is 5.78 Å². The lowest BCUT2D eigenvalue weighted by Gasteiger charge is -2.12. The van der Waals surface area contributed by atoms with E-state index in [1.807, 2.05) is 28.8 Å². The topological polar surface area (TPSA) is 113 Å². The molecule has 0 atom stereocenters. The molecule has 10 nitrogen and oxygen atoms in total. The molecule has 0 aliphatic carbocycles. The van der Waals surface area contributed by atoms with E-state index in [-0.39, 0.29) is 5.56 Å². The second-order valence-corrected chi connectivity index (χ2v) is 9.43. The van der Waals surface area contributed by atoms with Gasteiger partial charge in [-0.2, -0.15) is 4.98 Å². The highest BCUT2D eigenvalue weighted by Crippen LogP contribution is 2.28. The summed E-state index contributed by atoms with van der Waals surface area (Å²) in [5, 5.41) is 12.8. The molecule has 4 heterocycles. The maximum atomic E-state index is 13.3. The van der Waals surface area contributed by atoms with E-state index in [4.69, 9.17) is 9.26 Å². The van der Waals surface area contributed by atoms with Crippen LogP contribution < -0.4 is 10.3 Å². The molecule has 0 radical (unpaired) electrons. The first-order valence-corrected chi connectivity index (χ1v) is 12.5. The molecule has 0 spiro atoms. The minimum atomic E-state index is -0.120. The van der Waals surface area contributed by atoms with Crippen molar-refractivity contribution in [1.82, 2.24) is 29.3 Å². The van der Waals surface area contributed by atoms with Crippen LogP contribution in [0.1, 0.15) is 54.9 Å². The summed E-state index contributed by atoms with van der Waals surface area (Å²) in [7, 11) is 1.64. The largest absolute Gasteiger partial charge is 0.497 e. The molecular formula is C24H26BrN7O3. The maximum Gasteiger partial charge on any atom is 0.266 e. The minimum Gasteiger partial charge on any atom is -0.497 e. The molecule has 1 aliphatic heterocycles. The van der Waals surface area contributed by atoms with Crippen molar-refractivity contribution in [2.45, 2.75) is 58.4 Å². The molecule has 0 fully saturated rings. The van der Waals surface area contributed by atoms with Crippen LogP contribution in [0.2, 0.25) is 0 Å². The lowest BCUT2D eigenvalue weighted by atomic mass is 10.1. The van der Waals surface area contributed by atoms with Crippen molar-refractivity contribution in [3.8, 4) is 5.75 Å². The van der Waals surface area contributed by atoms with E-state index < -0.39 is 0 Å². The highest BCUT2D eigenvalue weighted by atomic mass is 79.9. The van der Waals surface area contributed by atoms with Crippen molar-refractivity contribution in [2.75, 3.05) is 7.11 Å². The Morgan fingerprint density at radius 2 is 1.97 bits per heavy atom. The number of methoxy groups -OCH3 is 1.